The van der Waals surface area contributed by atoms with E-state index in [4.69, 9.17) is 0 Å². The summed E-state index contributed by atoms with van der Waals surface area (Å²) in [4.78, 5) is 38.4. The summed E-state index contributed by atoms with van der Waals surface area (Å²) >= 11 is 0. The topological polar surface area (TPSA) is 116 Å². The highest BCUT2D eigenvalue weighted by atomic mass is 16.3. The lowest BCUT2D eigenvalue weighted by Gasteiger charge is -2.29. The van der Waals surface area contributed by atoms with Crippen molar-refractivity contribution in [1.29, 1.82) is 0 Å². The first-order valence-electron chi connectivity index (χ1n) is 6.26. The van der Waals surface area contributed by atoms with Gasteiger partial charge in [-0.15, -0.1) is 0 Å². The zero-order valence-corrected chi connectivity index (χ0v) is 11.2. The summed E-state index contributed by atoms with van der Waals surface area (Å²) in [7, 11) is 0. The maximum absolute atomic E-state index is 11.9. The van der Waals surface area contributed by atoms with E-state index in [2.05, 4.69) is 4.98 Å². The Balaban J connectivity index is 2.51. The minimum absolute atomic E-state index is 0.121. The van der Waals surface area contributed by atoms with E-state index in [0.29, 0.717) is 5.56 Å². The number of aromatic amines is 1. The summed E-state index contributed by atoms with van der Waals surface area (Å²) in [6.45, 7) is 2.45. The van der Waals surface area contributed by atoms with Crippen LogP contribution in [0.3, 0.4) is 0 Å². The molecule has 0 aliphatic carbocycles. The van der Waals surface area contributed by atoms with Crippen molar-refractivity contribution in [1.82, 2.24) is 14.5 Å². The molecule has 1 amide bonds. The Morgan fingerprint density at radius 3 is 2.70 bits per heavy atom. The number of aliphatic hydroxyl groups excluding tert-OH is 2. The molecule has 0 spiro atoms. The summed E-state index contributed by atoms with van der Waals surface area (Å²) in [5.74, 6) is -0.360. The molecule has 8 heteroatoms. The number of likely N-dealkylation sites (tertiary alicyclic amines) is 1. The number of carbonyl (C=O) groups excluding carboxylic acids is 1. The smallest absolute Gasteiger partial charge is 0.330 e. The predicted octanol–water partition coefficient (Wildman–Crippen LogP) is -1.68. The van der Waals surface area contributed by atoms with E-state index in [1.807, 2.05) is 0 Å². The maximum atomic E-state index is 11.9. The number of hydrogen-bond acceptors (Lipinski definition) is 5. The lowest BCUT2D eigenvalue weighted by molar-refractivity contribution is -0.135. The molecule has 110 valence electrons. The van der Waals surface area contributed by atoms with Crippen LogP contribution in [0.15, 0.2) is 15.8 Å². The molecule has 1 aliphatic heterocycles. The van der Waals surface area contributed by atoms with E-state index in [9.17, 15) is 24.6 Å². The Morgan fingerprint density at radius 1 is 1.50 bits per heavy atom. The van der Waals surface area contributed by atoms with E-state index in [1.165, 1.54) is 22.6 Å². The molecular weight excluding hydrogens is 266 g/mol. The van der Waals surface area contributed by atoms with Gasteiger partial charge in [0.15, 0.2) is 0 Å². The number of nitrogens with one attached hydrogen (secondary N) is 1. The third kappa shape index (κ3) is 2.27. The van der Waals surface area contributed by atoms with Crippen LogP contribution in [0.5, 0.6) is 0 Å². The number of rotatable bonds is 2. The van der Waals surface area contributed by atoms with E-state index in [-0.39, 0.29) is 12.3 Å². The predicted molar refractivity (Wildman–Crippen MR) is 69.1 cm³/mol. The van der Waals surface area contributed by atoms with E-state index in [0.717, 1.165) is 0 Å². The first-order chi connectivity index (χ1) is 9.36. The SMILES string of the molecule is CC(=O)N1[C@@H](CO)[C@H](O)C[C@@H]1n1cc(C)c(=O)[nH]c1=O. The van der Waals surface area contributed by atoms with Gasteiger partial charge in [-0.2, -0.15) is 0 Å². The average molecular weight is 283 g/mol. The van der Waals surface area contributed by atoms with Gasteiger partial charge in [0.2, 0.25) is 5.91 Å². The fraction of sp³-hybridized carbons (Fsp3) is 0.583. The van der Waals surface area contributed by atoms with Gasteiger partial charge in [-0.3, -0.25) is 19.1 Å². The quantitative estimate of drug-likeness (QED) is 0.599. The summed E-state index contributed by atoms with van der Waals surface area (Å²) in [6.07, 6.45) is -0.166. The molecule has 20 heavy (non-hydrogen) atoms. The molecular formula is C12H17N3O5. The van der Waals surface area contributed by atoms with Crippen LogP contribution in [0, 0.1) is 6.92 Å². The van der Waals surface area contributed by atoms with Gasteiger partial charge in [-0.1, -0.05) is 0 Å². The van der Waals surface area contributed by atoms with Crippen LogP contribution in [-0.4, -0.2) is 49.3 Å². The maximum Gasteiger partial charge on any atom is 0.330 e. The molecule has 8 nitrogen and oxygen atoms in total. The van der Waals surface area contributed by atoms with Crippen molar-refractivity contribution >= 4 is 5.91 Å². The van der Waals surface area contributed by atoms with Gasteiger partial charge in [0.05, 0.1) is 18.8 Å². The second kappa shape index (κ2) is 5.22. The molecule has 0 unspecified atom stereocenters. The van der Waals surface area contributed by atoms with Gasteiger partial charge in [0.25, 0.3) is 5.56 Å². The Morgan fingerprint density at radius 2 is 2.15 bits per heavy atom. The van der Waals surface area contributed by atoms with E-state index >= 15 is 0 Å². The van der Waals surface area contributed by atoms with Crippen molar-refractivity contribution in [2.75, 3.05) is 6.61 Å². The molecule has 1 aromatic rings. The van der Waals surface area contributed by atoms with Crippen LogP contribution in [0.4, 0.5) is 0 Å². The van der Waals surface area contributed by atoms with E-state index < -0.39 is 36.2 Å². The number of amides is 1. The van der Waals surface area contributed by atoms with Crippen LogP contribution >= 0.6 is 0 Å². The molecule has 2 rings (SSSR count). The standard InChI is InChI=1S/C12H17N3O5/c1-6-4-14(12(20)13-11(6)19)10-3-9(18)8(5-16)15(10)7(2)17/h4,8-10,16,18H,3,5H2,1-2H3,(H,13,19,20)/t8-,9+,10+/m0/s1. The zero-order chi connectivity index (χ0) is 15.0. The van der Waals surface area contributed by atoms with Crippen molar-refractivity contribution in [2.45, 2.75) is 38.6 Å². The van der Waals surface area contributed by atoms with Gasteiger partial charge in [-0.25, -0.2) is 4.79 Å². The summed E-state index contributed by atoms with van der Waals surface area (Å²) < 4.78 is 1.21. The second-order valence-electron chi connectivity index (χ2n) is 4.94. The third-order valence-corrected chi connectivity index (χ3v) is 3.59. The molecule has 2 heterocycles. The van der Waals surface area contributed by atoms with Crippen molar-refractivity contribution in [3.63, 3.8) is 0 Å². The van der Waals surface area contributed by atoms with Crippen molar-refractivity contribution in [2.24, 2.45) is 0 Å². The molecule has 1 aliphatic rings. The molecule has 1 saturated heterocycles. The molecule has 0 radical (unpaired) electrons. The van der Waals surface area contributed by atoms with Gasteiger partial charge in [-0.05, 0) is 6.92 Å². The summed E-state index contributed by atoms with van der Waals surface area (Å²) in [5.41, 5.74) is -0.810. The minimum Gasteiger partial charge on any atom is -0.394 e. The zero-order valence-electron chi connectivity index (χ0n) is 11.2. The van der Waals surface area contributed by atoms with Gasteiger partial charge in [0.1, 0.15) is 6.17 Å². The van der Waals surface area contributed by atoms with Crippen molar-refractivity contribution in [3.8, 4) is 0 Å². The number of carbonyl (C=O) groups is 1. The highest BCUT2D eigenvalue weighted by Crippen LogP contribution is 2.31. The molecule has 0 saturated carbocycles. The lowest BCUT2D eigenvalue weighted by atomic mass is 10.2. The fourth-order valence-electron chi connectivity index (χ4n) is 2.60. The number of nitrogens with zero attached hydrogens (tertiary/aromatic N) is 2. The Kier molecular flexibility index (Phi) is 3.78. The lowest BCUT2D eigenvalue weighted by Crippen LogP contribution is -2.45. The third-order valence-electron chi connectivity index (χ3n) is 3.59. The Hall–Kier alpha value is -1.93. The number of aromatic nitrogens is 2. The highest BCUT2D eigenvalue weighted by molar-refractivity contribution is 5.74. The minimum atomic E-state index is -0.923. The molecule has 0 aromatic carbocycles. The molecule has 3 N–H and O–H groups in total. The van der Waals surface area contributed by atoms with Gasteiger partial charge in [0, 0.05) is 25.1 Å². The number of aliphatic hydroxyl groups is 2. The van der Waals surface area contributed by atoms with E-state index in [1.54, 1.807) is 6.92 Å². The van der Waals surface area contributed by atoms with Crippen LogP contribution < -0.4 is 11.2 Å². The first-order valence-corrected chi connectivity index (χ1v) is 6.26. The van der Waals surface area contributed by atoms with Crippen LogP contribution in [0.1, 0.15) is 25.1 Å². The normalized spacial score (nSPS) is 26.0. The second-order valence-corrected chi connectivity index (χ2v) is 4.94. The largest absolute Gasteiger partial charge is 0.394 e. The molecule has 1 aromatic heterocycles. The summed E-state index contributed by atoms with van der Waals surface area (Å²) in [5, 5.41) is 19.2. The molecule has 3 atom stereocenters. The van der Waals surface area contributed by atoms with Crippen molar-refractivity contribution in [3.05, 3.63) is 32.6 Å². The number of hydrogen-bond donors (Lipinski definition) is 3. The van der Waals surface area contributed by atoms with Crippen LogP contribution in [0.25, 0.3) is 0 Å². The fourth-order valence-corrected chi connectivity index (χ4v) is 2.60. The Labute approximate surface area is 114 Å². The first kappa shape index (κ1) is 14.5. The number of H-pyrrole nitrogens is 1. The van der Waals surface area contributed by atoms with Gasteiger partial charge < -0.3 is 15.1 Å². The molecule has 0 bridgehead atoms. The number of aryl methyl sites for hydroxylation is 1. The highest BCUT2D eigenvalue weighted by Gasteiger charge is 2.42. The summed E-state index contributed by atoms with van der Waals surface area (Å²) in [6, 6.07) is -0.753. The van der Waals surface area contributed by atoms with Gasteiger partial charge >= 0.3 is 5.69 Å². The average Bonchev–Trinajstić information content (AvgIpc) is 2.70. The molecule has 1 fully saturated rings. The Bertz CT molecular complexity index is 635. The monoisotopic (exact) mass is 283 g/mol. The van der Waals surface area contributed by atoms with Crippen LogP contribution in [-0.2, 0) is 4.79 Å². The van der Waals surface area contributed by atoms with Crippen molar-refractivity contribution < 1.29 is 15.0 Å². The van der Waals surface area contributed by atoms with Crippen LogP contribution in [0.2, 0.25) is 0 Å².